The molecule has 30 heavy (non-hydrogen) atoms. The van der Waals surface area contributed by atoms with E-state index < -0.39 is 35.5 Å². The van der Waals surface area contributed by atoms with Crippen molar-refractivity contribution < 1.29 is 37.3 Å². The van der Waals surface area contributed by atoms with E-state index in [0.29, 0.717) is 17.1 Å². The first-order valence-corrected chi connectivity index (χ1v) is 9.26. The van der Waals surface area contributed by atoms with Crippen LogP contribution in [0.15, 0.2) is 30.3 Å². The van der Waals surface area contributed by atoms with Crippen molar-refractivity contribution in [3.05, 3.63) is 58.9 Å². The normalized spacial score (nSPS) is 18.9. The van der Waals surface area contributed by atoms with E-state index in [1.807, 2.05) is 0 Å². The minimum absolute atomic E-state index is 0.00880. The van der Waals surface area contributed by atoms with Gasteiger partial charge in [-0.2, -0.15) is 0 Å². The van der Waals surface area contributed by atoms with Crippen LogP contribution in [-0.4, -0.2) is 56.0 Å². The number of aliphatic hydroxyl groups excluding tert-OH is 1. The Balaban J connectivity index is 1.92. The average molecular weight is 425 g/mol. The second-order valence-corrected chi connectivity index (χ2v) is 6.79. The Morgan fingerprint density at radius 1 is 1.13 bits per heavy atom. The van der Waals surface area contributed by atoms with Crippen LogP contribution in [0.2, 0.25) is 0 Å². The zero-order valence-electron chi connectivity index (χ0n) is 16.5. The van der Waals surface area contributed by atoms with Crippen LogP contribution in [-0.2, 0) is 16.0 Å². The Morgan fingerprint density at radius 2 is 1.80 bits per heavy atom. The molecule has 1 amide bonds. The van der Waals surface area contributed by atoms with Gasteiger partial charge in [0.1, 0.15) is 6.10 Å². The molecule has 0 aliphatic carbocycles. The first kappa shape index (κ1) is 21.9. The van der Waals surface area contributed by atoms with Crippen molar-refractivity contribution in [3.8, 4) is 11.5 Å². The van der Waals surface area contributed by atoms with Crippen LogP contribution in [0.5, 0.6) is 11.5 Å². The Labute approximate surface area is 171 Å². The topological polar surface area (TPSA) is 68.2 Å². The van der Waals surface area contributed by atoms with Crippen molar-refractivity contribution >= 4 is 5.91 Å². The van der Waals surface area contributed by atoms with Gasteiger partial charge in [-0.3, -0.25) is 4.79 Å². The zero-order valence-corrected chi connectivity index (χ0v) is 16.5. The van der Waals surface area contributed by atoms with Gasteiger partial charge in [-0.05, 0) is 35.4 Å². The molecule has 0 radical (unpaired) electrons. The maximum Gasteiger partial charge on any atom is 0.227 e. The number of nitrogens with zero attached hydrogens (tertiary/aromatic N) is 1. The standard InChI is InChI=1S/C21H22F3NO5/c1-28-16-4-3-13(10-17(16)29-2)21-18(11-26)30-6-5-25(21)19(27)9-12-7-14(22)20(24)15(23)8-12/h3-4,7-8,10,18,21,26H,5-6,9,11H2,1-2H3/t18-,21-/m1/s1. The molecule has 3 rings (SSSR count). The fraction of sp³-hybridized carbons (Fsp3) is 0.381. The van der Waals surface area contributed by atoms with Gasteiger partial charge in [-0.25, -0.2) is 13.2 Å². The number of ether oxygens (including phenoxy) is 3. The predicted octanol–water partition coefficient (Wildman–Crippen LogP) is 2.62. The van der Waals surface area contributed by atoms with E-state index in [1.54, 1.807) is 18.2 Å². The summed E-state index contributed by atoms with van der Waals surface area (Å²) in [7, 11) is 2.97. The first-order valence-electron chi connectivity index (χ1n) is 9.26. The number of aliphatic hydroxyl groups is 1. The number of hydrogen-bond donors (Lipinski definition) is 1. The van der Waals surface area contributed by atoms with Gasteiger partial charge in [-0.15, -0.1) is 0 Å². The molecule has 1 heterocycles. The van der Waals surface area contributed by atoms with Gasteiger partial charge in [0.25, 0.3) is 0 Å². The van der Waals surface area contributed by atoms with E-state index in [0.717, 1.165) is 12.1 Å². The van der Waals surface area contributed by atoms with Crippen molar-refractivity contribution in [2.45, 2.75) is 18.6 Å². The lowest BCUT2D eigenvalue weighted by atomic mass is 9.96. The molecule has 1 aliphatic rings. The molecule has 1 saturated heterocycles. The number of methoxy groups -OCH3 is 2. The SMILES string of the molecule is COc1ccc([C@@H]2[C@@H](CO)OCCN2C(=O)Cc2cc(F)c(F)c(F)c2)cc1OC. The fourth-order valence-corrected chi connectivity index (χ4v) is 3.58. The van der Waals surface area contributed by atoms with Crippen LogP contribution in [0, 0.1) is 17.5 Å². The number of halogens is 3. The van der Waals surface area contributed by atoms with Crippen LogP contribution in [0.4, 0.5) is 13.2 Å². The smallest absolute Gasteiger partial charge is 0.227 e. The molecule has 0 aromatic heterocycles. The molecule has 0 unspecified atom stereocenters. The number of carbonyl (C=O) groups is 1. The summed E-state index contributed by atoms with van der Waals surface area (Å²) < 4.78 is 56.4. The molecule has 1 N–H and O–H groups in total. The highest BCUT2D eigenvalue weighted by Crippen LogP contribution is 2.36. The molecule has 0 spiro atoms. The van der Waals surface area contributed by atoms with E-state index in [1.165, 1.54) is 19.1 Å². The van der Waals surface area contributed by atoms with E-state index in [-0.39, 0.29) is 31.7 Å². The van der Waals surface area contributed by atoms with Crippen LogP contribution in [0.25, 0.3) is 0 Å². The van der Waals surface area contributed by atoms with Gasteiger partial charge in [0.15, 0.2) is 29.0 Å². The number of carbonyl (C=O) groups excluding carboxylic acids is 1. The molecular formula is C21H22F3NO5. The Bertz CT molecular complexity index is 901. The summed E-state index contributed by atoms with van der Waals surface area (Å²) in [6.07, 6.45) is -1.04. The minimum atomic E-state index is -1.58. The maximum absolute atomic E-state index is 13.5. The van der Waals surface area contributed by atoms with Crippen molar-refractivity contribution in [1.82, 2.24) is 4.90 Å². The number of amides is 1. The molecule has 0 saturated carbocycles. The lowest BCUT2D eigenvalue weighted by Gasteiger charge is -2.41. The molecule has 1 aliphatic heterocycles. The second kappa shape index (κ2) is 9.36. The number of rotatable bonds is 6. The van der Waals surface area contributed by atoms with Crippen LogP contribution in [0.3, 0.4) is 0 Å². The lowest BCUT2D eigenvalue weighted by Crippen LogP contribution is -2.50. The van der Waals surface area contributed by atoms with Gasteiger partial charge in [0, 0.05) is 6.54 Å². The van der Waals surface area contributed by atoms with Crippen LogP contribution >= 0.6 is 0 Å². The summed E-state index contributed by atoms with van der Waals surface area (Å²) in [4.78, 5) is 14.5. The number of hydrogen-bond acceptors (Lipinski definition) is 5. The second-order valence-electron chi connectivity index (χ2n) is 6.79. The van der Waals surface area contributed by atoms with Gasteiger partial charge >= 0.3 is 0 Å². The van der Waals surface area contributed by atoms with Crippen molar-refractivity contribution in [3.63, 3.8) is 0 Å². The molecule has 0 bridgehead atoms. The van der Waals surface area contributed by atoms with Crippen LogP contribution in [0.1, 0.15) is 17.2 Å². The summed E-state index contributed by atoms with van der Waals surface area (Å²) in [6.45, 7) is 0.0516. The quantitative estimate of drug-likeness (QED) is 0.721. The monoisotopic (exact) mass is 425 g/mol. The minimum Gasteiger partial charge on any atom is -0.493 e. The summed E-state index contributed by atoms with van der Waals surface area (Å²) in [5.41, 5.74) is 0.644. The van der Waals surface area contributed by atoms with Crippen molar-refractivity contribution in [2.24, 2.45) is 0 Å². The van der Waals surface area contributed by atoms with Crippen LogP contribution < -0.4 is 9.47 Å². The lowest BCUT2D eigenvalue weighted by molar-refractivity contribution is -0.149. The van der Waals surface area contributed by atoms with Crippen molar-refractivity contribution in [1.29, 1.82) is 0 Å². The third-order valence-corrected chi connectivity index (χ3v) is 5.00. The molecule has 2 aromatic carbocycles. The molecule has 9 heteroatoms. The third-order valence-electron chi connectivity index (χ3n) is 5.00. The van der Waals surface area contributed by atoms with Gasteiger partial charge in [0.05, 0.1) is 39.9 Å². The highest BCUT2D eigenvalue weighted by atomic mass is 19.2. The molecule has 162 valence electrons. The number of benzene rings is 2. The van der Waals surface area contributed by atoms with E-state index in [9.17, 15) is 23.1 Å². The largest absolute Gasteiger partial charge is 0.493 e. The molecule has 2 atom stereocenters. The first-order chi connectivity index (χ1) is 14.4. The van der Waals surface area contributed by atoms with E-state index in [2.05, 4.69) is 0 Å². The fourth-order valence-electron chi connectivity index (χ4n) is 3.58. The van der Waals surface area contributed by atoms with Gasteiger partial charge < -0.3 is 24.2 Å². The summed E-state index contributed by atoms with van der Waals surface area (Å²) in [5, 5.41) is 9.78. The average Bonchev–Trinajstić information content (AvgIpc) is 2.76. The summed E-state index contributed by atoms with van der Waals surface area (Å²) >= 11 is 0. The third kappa shape index (κ3) is 4.36. The Kier molecular flexibility index (Phi) is 6.84. The molecule has 1 fully saturated rings. The maximum atomic E-state index is 13.5. The van der Waals surface area contributed by atoms with Crippen molar-refractivity contribution in [2.75, 3.05) is 34.0 Å². The van der Waals surface area contributed by atoms with E-state index >= 15 is 0 Å². The highest BCUT2D eigenvalue weighted by Gasteiger charge is 2.36. The highest BCUT2D eigenvalue weighted by molar-refractivity contribution is 5.79. The summed E-state index contributed by atoms with van der Waals surface area (Å²) in [6, 6.07) is 6.01. The van der Waals surface area contributed by atoms with Gasteiger partial charge in [0.2, 0.25) is 5.91 Å². The summed E-state index contributed by atoms with van der Waals surface area (Å²) in [5.74, 6) is -3.81. The Hall–Kier alpha value is -2.78. The Morgan fingerprint density at radius 3 is 2.40 bits per heavy atom. The van der Waals surface area contributed by atoms with Gasteiger partial charge in [-0.1, -0.05) is 6.07 Å². The molecular weight excluding hydrogens is 403 g/mol. The predicted molar refractivity (Wildman–Crippen MR) is 101 cm³/mol. The van der Waals surface area contributed by atoms with E-state index in [4.69, 9.17) is 14.2 Å². The zero-order chi connectivity index (χ0) is 21.8. The molecule has 6 nitrogen and oxygen atoms in total. The number of morpholine rings is 1. The molecule has 2 aromatic rings.